The number of thiazole rings is 1. The molecule has 1 saturated heterocycles. The lowest BCUT2D eigenvalue weighted by Gasteiger charge is -2.39. The average Bonchev–Trinajstić information content (AvgIpc) is 2.99. The van der Waals surface area contributed by atoms with Crippen LogP contribution in [-0.2, 0) is 6.54 Å². The van der Waals surface area contributed by atoms with Crippen LogP contribution in [0.15, 0.2) is 29.8 Å². The highest BCUT2D eigenvalue weighted by Gasteiger charge is 2.27. The van der Waals surface area contributed by atoms with Crippen molar-refractivity contribution in [3.8, 4) is 10.7 Å². The molecule has 3 rings (SSSR count). The van der Waals surface area contributed by atoms with Gasteiger partial charge in [0.1, 0.15) is 5.01 Å². The molecule has 2 aromatic rings. The Balaban J connectivity index is 1.74. The van der Waals surface area contributed by atoms with Gasteiger partial charge in [0.15, 0.2) is 0 Å². The van der Waals surface area contributed by atoms with Gasteiger partial charge in [-0.25, -0.2) is 4.98 Å². The number of hydrogen-bond donors (Lipinski definition) is 1. The van der Waals surface area contributed by atoms with Crippen LogP contribution in [0.2, 0.25) is 0 Å². The summed E-state index contributed by atoms with van der Waals surface area (Å²) in [6, 6.07) is 6.67. The van der Waals surface area contributed by atoms with Gasteiger partial charge in [-0.3, -0.25) is 9.88 Å². The van der Waals surface area contributed by atoms with E-state index in [1.165, 1.54) is 12.8 Å². The molecule has 2 unspecified atom stereocenters. The molecule has 21 heavy (non-hydrogen) atoms. The van der Waals surface area contributed by atoms with Crippen molar-refractivity contribution in [1.29, 1.82) is 0 Å². The smallest absolute Gasteiger partial charge is 0.142 e. The van der Waals surface area contributed by atoms with Crippen molar-refractivity contribution in [2.45, 2.75) is 44.8 Å². The van der Waals surface area contributed by atoms with Gasteiger partial charge in [0.2, 0.25) is 0 Å². The highest BCUT2D eigenvalue weighted by Crippen LogP contribution is 2.27. The van der Waals surface area contributed by atoms with Gasteiger partial charge in [-0.2, -0.15) is 0 Å². The molecule has 5 heteroatoms. The molecule has 3 heterocycles. The zero-order chi connectivity index (χ0) is 14.7. The second-order valence-electron chi connectivity index (χ2n) is 5.65. The average molecular weight is 303 g/mol. The summed E-state index contributed by atoms with van der Waals surface area (Å²) in [5.74, 6) is 0. The summed E-state index contributed by atoms with van der Waals surface area (Å²) in [5, 5.41) is 12.7. The van der Waals surface area contributed by atoms with Gasteiger partial charge >= 0.3 is 0 Å². The Hall–Kier alpha value is -1.30. The van der Waals surface area contributed by atoms with Gasteiger partial charge < -0.3 is 5.11 Å². The maximum Gasteiger partial charge on any atom is 0.142 e. The van der Waals surface area contributed by atoms with Crippen molar-refractivity contribution in [2.75, 3.05) is 6.61 Å². The third kappa shape index (κ3) is 3.31. The lowest BCUT2D eigenvalue weighted by atomic mass is 9.97. The number of aliphatic hydroxyl groups excluding tert-OH is 1. The third-order valence-electron chi connectivity index (χ3n) is 4.19. The SMILES string of the molecule is CC1CCCC(CO)N1Cc1csc(-c2ccccn2)n1. The summed E-state index contributed by atoms with van der Waals surface area (Å²) >= 11 is 1.64. The van der Waals surface area contributed by atoms with Crippen molar-refractivity contribution in [3.05, 3.63) is 35.5 Å². The van der Waals surface area contributed by atoms with E-state index in [-0.39, 0.29) is 12.6 Å². The zero-order valence-corrected chi connectivity index (χ0v) is 13.1. The van der Waals surface area contributed by atoms with Crippen molar-refractivity contribution in [1.82, 2.24) is 14.9 Å². The topological polar surface area (TPSA) is 49.2 Å². The van der Waals surface area contributed by atoms with Gasteiger partial charge in [-0.15, -0.1) is 11.3 Å². The molecule has 1 N–H and O–H groups in total. The summed E-state index contributed by atoms with van der Waals surface area (Å²) in [4.78, 5) is 11.4. The zero-order valence-electron chi connectivity index (χ0n) is 12.3. The Morgan fingerprint density at radius 2 is 2.29 bits per heavy atom. The number of rotatable bonds is 4. The molecule has 1 aliphatic heterocycles. The van der Waals surface area contributed by atoms with Crippen LogP contribution < -0.4 is 0 Å². The molecule has 0 bridgehead atoms. The lowest BCUT2D eigenvalue weighted by molar-refractivity contribution is 0.0443. The predicted molar refractivity (Wildman–Crippen MR) is 85.1 cm³/mol. The molecule has 4 nitrogen and oxygen atoms in total. The van der Waals surface area contributed by atoms with E-state index in [0.717, 1.165) is 29.4 Å². The minimum Gasteiger partial charge on any atom is -0.395 e. The van der Waals surface area contributed by atoms with E-state index in [9.17, 15) is 5.11 Å². The minimum atomic E-state index is 0.238. The van der Waals surface area contributed by atoms with Crippen LogP contribution >= 0.6 is 11.3 Å². The number of aromatic nitrogens is 2. The third-order valence-corrected chi connectivity index (χ3v) is 5.10. The Kier molecular flexibility index (Phi) is 4.63. The Morgan fingerprint density at radius 3 is 3.05 bits per heavy atom. The van der Waals surface area contributed by atoms with E-state index < -0.39 is 0 Å². The molecule has 0 aliphatic carbocycles. The van der Waals surface area contributed by atoms with Gasteiger partial charge in [0.05, 0.1) is 18.0 Å². The predicted octanol–water partition coefficient (Wildman–Crippen LogP) is 2.94. The van der Waals surface area contributed by atoms with Crippen molar-refractivity contribution in [3.63, 3.8) is 0 Å². The lowest BCUT2D eigenvalue weighted by Crippen LogP contribution is -2.46. The van der Waals surface area contributed by atoms with E-state index in [0.29, 0.717) is 6.04 Å². The second-order valence-corrected chi connectivity index (χ2v) is 6.51. The molecule has 0 spiro atoms. The van der Waals surface area contributed by atoms with E-state index in [4.69, 9.17) is 4.98 Å². The number of hydrogen-bond acceptors (Lipinski definition) is 5. The molecule has 0 aromatic carbocycles. The van der Waals surface area contributed by atoms with Crippen molar-refractivity contribution in [2.24, 2.45) is 0 Å². The number of nitrogens with zero attached hydrogens (tertiary/aromatic N) is 3. The van der Waals surface area contributed by atoms with E-state index >= 15 is 0 Å². The first kappa shape index (κ1) is 14.6. The maximum atomic E-state index is 9.57. The first-order valence-corrected chi connectivity index (χ1v) is 8.38. The van der Waals surface area contributed by atoms with Crippen LogP contribution in [-0.4, -0.2) is 38.7 Å². The molecular formula is C16H21N3OS. The molecule has 2 aromatic heterocycles. The summed E-state index contributed by atoms with van der Waals surface area (Å²) in [6.07, 6.45) is 5.29. The molecule has 0 saturated carbocycles. The second kappa shape index (κ2) is 6.64. The van der Waals surface area contributed by atoms with Crippen LogP contribution in [0.3, 0.4) is 0 Å². The van der Waals surface area contributed by atoms with Gasteiger partial charge in [0, 0.05) is 30.2 Å². The van der Waals surface area contributed by atoms with Gasteiger partial charge in [-0.05, 0) is 31.9 Å². The molecule has 2 atom stereocenters. The number of piperidine rings is 1. The van der Waals surface area contributed by atoms with Crippen molar-refractivity contribution >= 4 is 11.3 Å². The standard InChI is InChI=1S/C16H21N3OS/c1-12-5-4-6-14(10-20)19(12)9-13-11-21-16(18-13)15-7-2-3-8-17-15/h2-3,7-8,11-12,14,20H,4-6,9-10H2,1H3. The van der Waals surface area contributed by atoms with Crippen LogP contribution in [0.5, 0.6) is 0 Å². The van der Waals surface area contributed by atoms with Crippen LogP contribution in [0, 0.1) is 0 Å². The largest absolute Gasteiger partial charge is 0.395 e. The number of likely N-dealkylation sites (tertiary alicyclic amines) is 1. The van der Waals surface area contributed by atoms with Crippen LogP contribution in [0.4, 0.5) is 0 Å². The fourth-order valence-corrected chi connectivity index (χ4v) is 3.78. The van der Waals surface area contributed by atoms with Gasteiger partial charge in [0.25, 0.3) is 0 Å². The molecular weight excluding hydrogens is 282 g/mol. The molecule has 0 radical (unpaired) electrons. The highest BCUT2D eigenvalue weighted by atomic mass is 32.1. The summed E-state index contributed by atoms with van der Waals surface area (Å²) in [7, 11) is 0. The van der Waals surface area contributed by atoms with Crippen LogP contribution in [0.1, 0.15) is 31.9 Å². The Bertz CT molecular complexity index is 572. The first-order valence-electron chi connectivity index (χ1n) is 7.50. The molecule has 0 amide bonds. The Morgan fingerprint density at radius 1 is 1.38 bits per heavy atom. The summed E-state index contributed by atoms with van der Waals surface area (Å²) < 4.78 is 0. The quantitative estimate of drug-likeness (QED) is 0.943. The maximum absolute atomic E-state index is 9.57. The van der Waals surface area contributed by atoms with Crippen LogP contribution in [0.25, 0.3) is 10.7 Å². The number of pyridine rings is 1. The summed E-state index contributed by atoms with van der Waals surface area (Å²) in [6.45, 7) is 3.30. The fraction of sp³-hybridized carbons (Fsp3) is 0.500. The van der Waals surface area contributed by atoms with Gasteiger partial charge in [-0.1, -0.05) is 12.5 Å². The first-order chi connectivity index (χ1) is 10.3. The normalized spacial score (nSPS) is 23.3. The van der Waals surface area contributed by atoms with E-state index in [2.05, 4.69) is 22.2 Å². The minimum absolute atomic E-state index is 0.238. The fourth-order valence-electron chi connectivity index (χ4n) is 3.00. The molecule has 112 valence electrons. The number of aliphatic hydroxyl groups is 1. The van der Waals surface area contributed by atoms with Crippen molar-refractivity contribution < 1.29 is 5.11 Å². The Labute approximate surface area is 129 Å². The molecule has 1 aliphatic rings. The van der Waals surface area contributed by atoms with E-state index in [1.807, 2.05) is 18.2 Å². The highest BCUT2D eigenvalue weighted by molar-refractivity contribution is 7.13. The monoisotopic (exact) mass is 303 g/mol. The summed E-state index contributed by atoms with van der Waals surface area (Å²) in [5.41, 5.74) is 2.01. The van der Waals surface area contributed by atoms with E-state index in [1.54, 1.807) is 17.5 Å². The molecule has 1 fully saturated rings.